The van der Waals surface area contributed by atoms with Crippen LogP contribution >= 0.6 is 30.4 Å². The van der Waals surface area contributed by atoms with Gasteiger partial charge < -0.3 is 5.11 Å². The summed E-state index contributed by atoms with van der Waals surface area (Å²) in [7, 11) is -32.4. The van der Waals surface area contributed by atoms with Crippen molar-refractivity contribution in [2.24, 2.45) is 20.0 Å². The standard InChI is InChI=1S/C64H90N10O16P4Si3/c1-6-34-73(35-17-7-8-33-56(75)76,36-18-19-42-91(77,78)79)40-23-46-95(2,3)89-97(90-96(4,5)47-24-41-74(37-20-43-92(80,81)82,38-21-44-93(83,84)85)39-22-45-94(86,87)88)69-57-48-25-9-10-26-49(48)58(69)66-60-52-29-13-14-30-53(52)62(71(60)97)68-64-55-32-16-15-31-54(55)63(72(64)97)67-61-51-28-12-11-27-50(51)59(65-57)70(61)97/h9-16,25-32H,6-8,17-24,33-47H2,1-5H3,(H7-2,75,76,77,78,79,80,81,82,83,84,85,86,87,88)/p+2. The number of carbonyl (C=O) groups is 1. The quantitative estimate of drug-likeness (QED) is 0.00760. The zero-order valence-electron chi connectivity index (χ0n) is 55.8. The molecule has 0 fully saturated rings. The number of hydrogen-bond acceptors (Lipinski definition) is 11. The van der Waals surface area contributed by atoms with Crippen LogP contribution in [-0.4, -0.2) is 201 Å². The molecule has 1 atom stereocenters. The molecule has 0 radical (unpaired) electrons. The number of carboxylic acid groups (broad SMARTS) is 1. The molecule has 6 aromatic rings. The fourth-order valence-corrected chi connectivity index (χ4v) is 41.8. The molecule has 12 rings (SSSR count). The second-order valence-corrected chi connectivity index (χ2v) is 50.3. The van der Waals surface area contributed by atoms with E-state index >= 15 is 0 Å². The SMILES string of the molecule is CCC[N+](CCCCCC(=O)O)(CCCCP(=O)(O)O)CCC[Si](C)(C)O[Si-2]123(O[Si](C)(C)CCC[N+](CCCP(=O)(O)O)(CCCP(=O)(O)O)CCCP(=O)(O)O)n4c5c6ccccc6c4N=C4c6ccccc6C(=[N+]41)N=c1c4ccccc4c(n12)=NC1=[N+]3C(=N5)c2ccccc21. The minimum atomic E-state index is -7.30. The molecule has 26 nitrogen and oxygen atoms in total. The van der Waals surface area contributed by atoms with Gasteiger partial charge in [-0.25, -0.2) is 0 Å². The van der Waals surface area contributed by atoms with Crippen molar-refractivity contribution in [2.45, 2.75) is 122 Å². The molecule has 0 bridgehead atoms. The van der Waals surface area contributed by atoms with E-state index in [4.69, 9.17) is 20.0 Å². The van der Waals surface area contributed by atoms with Crippen LogP contribution in [0.4, 0.5) is 11.6 Å². The van der Waals surface area contributed by atoms with Gasteiger partial charge in [-0.1, -0.05) is 0 Å². The monoisotopic (exact) mass is 1460 g/mol. The Morgan fingerprint density at radius 3 is 1.21 bits per heavy atom. The summed E-state index contributed by atoms with van der Waals surface area (Å²) in [5, 5.41) is 12.8. The van der Waals surface area contributed by atoms with E-state index < -0.39 is 79.2 Å². The summed E-state index contributed by atoms with van der Waals surface area (Å²) in [5.41, 5.74) is 4.28. The second-order valence-electron chi connectivity index (χ2n) is 28.9. The van der Waals surface area contributed by atoms with Gasteiger partial charge in [-0.05, 0) is 0 Å². The van der Waals surface area contributed by atoms with Crippen LogP contribution in [0, 0.1) is 0 Å². The van der Waals surface area contributed by atoms with Crippen molar-refractivity contribution in [3.05, 3.63) is 130 Å². The normalized spacial score (nSPS) is 18.4. The van der Waals surface area contributed by atoms with Crippen molar-refractivity contribution in [2.75, 3.05) is 77.0 Å². The topological polar surface area (TPSA) is 351 Å². The molecular formula is C64H92N10O16P4Si3+2. The van der Waals surface area contributed by atoms with Crippen LogP contribution in [-0.2, 0) is 31.3 Å². The summed E-state index contributed by atoms with van der Waals surface area (Å²) in [6.45, 7) is 14.7. The van der Waals surface area contributed by atoms with Gasteiger partial charge in [0.05, 0.1) is 0 Å². The Labute approximate surface area is 565 Å². The third-order valence-corrected chi connectivity index (χ3v) is 41.0. The molecule has 6 aliphatic rings. The van der Waals surface area contributed by atoms with Crippen molar-refractivity contribution >= 4 is 117 Å². The number of carboxylic acids is 1. The predicted octanol–water partition coefficient (Wildman–Crippen LogP) is 8.90. The first-order valence-corrected chi connectivity index (χ1v) is 49.9. The van der Waals surface area contributed by atoms with Crippen LogP contribution < -0.4 is 11.0 Å². The molecule has 0 amide bonds. The number of aliphatic imine (C=N–C) groups is 2. The summed E-state index contributed by atoms with van der Waals surface area (Å²) < 4.78 is 78.5. The number of quaternary nitrogens is 2. The molecule has 33 heteroatoms. The Morgan fingerprint density at radius 1 is 0.454 bits per heavy atom. The third kappa shape index (κ3) is 12.8. The average molecular weight is 1470 g/mol. The number of nitrogens with zero attached hydrogens (tertiary/aromatic N) is 10. The van der Waals surface area contributed by atoms with Crippen molar-refractivity contribution in [1.29, 1.82) is 0 Å². The van der Waals surface area contributed by atoms with Gasteiger partial charge in [0.2, 0.25) is 0 Å². The zero-order chi connectivity index (χ0) is 69.5. The van der Waals surface area contributed by atoms with Crippen molar-refractivity contribution in [3.8, 4) is 0 Å². The number of fused-ring (bicyclic) bond motifs is 12. The van der Waals surface area contributed by atoms with Crippen molar-refractivity contribution in [1.82, 2.24) is 8.47 Å². The van der Waals surface area contributed by atoms with E-state index in [-0.39, 0.29) is 56.0 Å². The minimum absolute atomic E-state index is 0.0285. The average Bonchev–Trinajstić information content (AvgIpc) is 1.50. The molecule has 97 heavy (non-hydrogen) atoms. The fourth-order valence-electron chi connectivity index (χ4n) is 17.3. The Balaban J connectivity index is 1.11. The van der Waals surface area contributed by atoms with E-state index in [1.165, 1.54) is 0 Å². The van der Waals surface area contributed by atoms with Gasteiger partial charge in [0.25, 0.3) is 0 Å². The molecule has 0 aliphatic carbocycles. The van der Waals surface area contributed by atoms with Gasteiger partial charge >= 0.3 is 558 Å². The molecule has 524 valence electrons. The van der Waals surface area contributed by atoms with E-state index in [0.717, 1.165) is 69.7 Å². The van der Waals surface area contributed by atoms with Crippen LogP contribution in [0.3, 0.4) is 0 Å². The van der Waals surface area contributed by atoms with Crippen molar-refractivity contribution in [3.63, 3.8) is 0 Å². The Morgan fingerprint density at radius 2 is 0.804 bits per heavy atom. The van der Waals surface area contributed by atoms with Crippen LogP contribution in [0.2, 0.25) is 38.3 Å². The number of rotatable bonds is 37. The van der Waals surface area contributed by atoms with Crippen molar-refractivity contribution < 1.29 is 93.0 Å². The number of aromatic nitrogens is 2. The van der Waals surface area contributed by atoms with Crippen LogP contribution in [0.1, 0.15) is 106 Å². The van der Waals surface area contributed by atoms with E-state index in [1.54, 1.807) is 0 Å². The van der Waals surface area contributed by atoms with E-state index in [1.807, 2.05) is 48.5 Å². The number of aliphatic carboxylic acids is 1. The van der Waals surface area contributed by atoms with Gasteiger partial charge in [0.1, 0.15) is 0 Å². The molecule has 9 N–H and O–H groups in total. The van der Waals surface area contributed by atoms with Gasteiger partial charge in [-0.3, -0.25) is 4.79 Å². The van der Waals surface area contributed by atoms with Gasteiger partial charge in [-0.2, -0.15) is 0 Å². The Kier molecular flexibility index (Phi) is 19.0. The number of unbranched alkanes of at least 4 members (excludes halogenated alkanes) is 3. The van der Waals surface area contributed by atoms with E-state index in [2.05, 4.69) is 98.6 Å². The van der Waals surface area contributed by atoms with Crippen LogP contribution in [0.5, 0.6) is 0 Å². The fraction of sp³-hybridized carbons (Fsp3) is 0.484. The van der Waals surface area contributed by atoms with Crippen LogP contribution in [0.15, 0.2) is 117 Å². The number of amidine groups is 4. The van der Waals surface area contributed by atoms with E-state index in [9.17, 15) is 75.5 Å². The molecule has 8 heterocycles. The molecule has 1 unspecified atom stereocenters. The first kappa shape index (κ1) is 71.6. The molecule has 6 aliphatic heterocycles. The Bertz CT molecular complexity index is 4440. The first-order valence-electron chi connectivity index (χ1n) is 33.9. The second kappa shape index (κ2) is 25.7. The van der Waals surface area contributed by atoms with Gasteiger partial charge in [0.15, 0.2) is 0 Å². The Hall–Kier alpha value is -5.20. The summed E-state index contributed by atoms with van der Waals surface area (Å²) in [5.74, 6) is 2.47. The zero-order valence-corrected chi connectivity index (χ0v) is 62.3. The molecule has 2 aromatic heterocycles. The number of hydrogen-bond donors (Lipinski definition) is 9. The summed E-state index contributed by atoms with van der Waals surface area (Å²) in [6, 6.07) is 33.4. The maximum atomic E-state index is 12.5. The molecule has 4 aromatic carbocycles. The van der Waals surface area contributed by atoms with Gasteiger partial charge in [0, 0.05) is 0 Å². The third-order valence-electron chi connectivity index (χ3n) is 20.7. The van der Waals surface area contributed by atoms with Crippen LogP contribution in [0.25, 0.3) is 21.5 Å². The van der Waals surface area contributed by atoms with E-state index in [0.29, 0.717) is 121 Å². The predicted molar refractivity (Wildman–Crippen MR) is 379 cm³/mol. The van der Waals surface area contributed by atoms with Gasteiger partial charge in [-0.15, -0.1) is 0 Å². The number of benzene rings is 4. The first-order chi connectivity index (χ1) is 45.6. The maximum absolute atomic E-state index is 12.5. The molecule has 0 saturated carbocycles. The molecular weight excluding hydrogens is 1370 g/mol. The summed E-state index contributed by atoms with van der Waals surface area (Å²) in [6.07, 6.45) is 3.36. The molecule has 1 spiro atoms. The summed E-state index contributed by atoms with van der Waals surface area (Å²) in [4.78, 5) is 116. The summed E-state index contributed by atoms with van der Waals surface area (Å²) >= 11 is 0. The molecule has 0 saturated heterocycles.